The minimum absolute atomic E-state index is 0.498. The van der Waals surface area contributed by atoms with Gasteiger partial charge in [0.15, 0.2) is 0 Å². The largest absolute Gasteiger partial charge is 0.390 e. The highest BCUT2D eigenvalue weighted by molar-refractivity contribution is 4.80. The molecule has 2 nitrogen and oxygen atoms in total. The number of rotatable bonds is 2. The van der Waals surface area contributed by atoms with Gasteiger partial charge in [0, 0.05) is 6.04 Å². The quantitative estimate of drug-likeness (QED) is 0.602. The standard InChI is InChI=1S/C8H17NO/c1-8(2,10)6-7-4-3-5-9-7/h7,9-10H,3-6H2,1-2H3. The fourth-order valence-electron chi connectivity index (χ4n) is 1.53. The van der Waals surface area contributed by atoms with Crippen LogP contribution in [0.3, 0.4) is 0 Å². The lowest BCUT2D eigenvalue weighted by atomic mass is 9.98. The first-order chi connectivity index (χ1) is 4.58. The van der Waals surface area contributed by atoms with Crippen molar-refractivity contribution in [2.45, 2.75) is 44.8 Å². The van der Waals surface area contributed by atoms with Crippen molar-refractivity contribution in [3.63, 3.8) is 0 Å². The van der Waals surface area contributed by atoms with E-state index < -0.39 is 5.60 Å². The lowest BCUT2D eigenvalue weighted by Gasteiger charge is -2.21. The first-order valence-corrected chi connectivity index (χ1v) is 4.04. The zero-order chi connectivity index (χ0) is 7.61. The highest BCUT2D eigenvalue weighted by Crippen LogP contribution is 2.17. The lowest BCUT2D eigenvalue weighted by Crippen LogP contribution is -2.31. The minimum Gasteiger partial charge on any atom is -0.390 e. The summed E-state index contributed by atoms with van der Waals surface area (Å²) in [4.78, 5) is 0. The SMILES string of the molecule is CC(C)(O)CC1CCCN1. The van der Waals surface area contributed by atoms with Gasteiger partial charge in [-0.2, -0.15) is 0 Å². The van der Waals surface area contributed by atoms with Gasteiger partial charge in [0.1, 0.15) is 0 Å². The molecule has 60 valence electrons. The minimum atomic E-state index is -0.498. The molecule has 1 aliphatic rings. The van der Waals surface area contributed by atoms with Crippen molar-refractivity contribution in [2.24, 2.45) is 0 Å². The Labute approximate surface area is 62.6 Å². The smallest absolute Gasteiger partial charge is 0.0606 e. The summed E-state index contributed by atoms with van der Waals surface area (Å²) in [5, 5.41) is 12.8. The van der Waals surface area contributed by atoms with E-state index in [1.54, 1.807) is 0 Å². The first-order valence-electron chi connectivity index (χ1n) is 4.04. The van der Waals surface area contributed by atoms with E-state index in [0.717, 1.165) is 13.0 Å². The Kier molecular flexibility index (Phi) is 2.32. The molecular formula is C8H17NO. The van der Waals surface area contributed by atoms with Gasteiger partial charge < -0.3 is 10.4 Å². The Morgan fingerprint density at radius 3 is 2.70 bits per heavy atom. The van der Waals surface area contributed by atoms with Crippen molar-refractivity contribution in [1.82, 2.24) is 5.32 Å². The van der Waals surface area contributed by atoms with Gasteiger partial charge in [-0.3, -0.25) is 0 Å². The molecule has 0 aromatic heterocycles. The van der Waals surface area contributed by atoms with Gasteiger partial charge in [-0.25, -0.2) is 0 Å². The van der Waals surface area contributed by atoms with Crippen LogP contribution < -0.4 is 5.32 Å². The zero-order valence-electron chi connectivity index (χ0n) is 6.85. The van der Waals surface area contributed by atoms with Crippen molar-refractivity contribution < 1.29 is 5.11 Å². The first kappa shape index (κ1) is 8.02. The fraction of sp³-hybridized carbons (Fsp3) is 1.00. The van der Waals surface area contributed by atoms with Crippen LogP contribution in [-0.4, -0.2) is 23.3 Å². The maximum absolute atomic E-state index is 9.44. The van der Waals surface area contributed by atoms with Gasteiger partial charge in [0.2, 0.25) is 0 Å². The van der Waals surface area contributed by atoms with Crippen LogP contribution in [0.4, 0.5) is 0 Å². The molecule has 2 heteroatoms. The Bertz CT molecular complexity index is 100. The van der Waals surface area contributed by atoms with Crippen LogP contribution in [0.5, 0.6) is 0 Å². The average molecular weight is 143 g/mol. The molecule has 1 fully saturated rings. The molecule has 0 radical (unpaired) electrons. The number of nitrogens with one attached hydrogen (secondary N) is 1. The van der Waals surface area contributed by atoms with Gasteiger partial charge in [-0.05, 0) is 39.7 Å². The van der Waals surface area contributed by atoms with Gasteiger partial charge in [0.05, 0.1) is 5.60 Å². The monoisotopic (exact) mass is 143 g/mol. The van der Waals surface area contributed by atoms with Crippen molar-refractivity contribution in [1.29, 1.82) is 0 Å². The summed E-state index contributed by atoms with van der Waals surface area (Å²) in [6.07, 6.45) is 3.37. The van der Waals surface area contributed by atoms with E-state index in [1.807, 2.05) is 13.8 Å². The number of hydrogen-bond acceptors (Lipinski definition) is 2. The molecule has 2 N–H and O–H groups in total. The summed E-state index contributed by atoms with van der Waals surface area (Å²) in [5.41, 5.74) is -0.498. The van der Waals surface area contributed by atoms with Gasteiger partial charge in [0.25, 0.3) is 0 Å². The van der Waals surface area contributed by atoms with Gasteiger partial charge in [-0.1, -0.05) is 0 Å². The van der Waals surface area contributed by atoms with Crippen molar-refractivity contribution in [3.05, 3.63) is 0 Å². The third-order valence-electron chi connectivity index (χ3n) is 1.91. The van der Waals surface area contributed by atoms with Crippen LogP contribution in [0.15, 0.2) is 0 Å². The molecular weight excluding hydrogens is 126 g/mol. The van der Waals surface area contributed by atoms with E-state index in [4.69, 9.17) is 0 Å². The van der Waals surface area contributed by atoms with Gasteiger partial charge in [-0.15, -0.1) is 0 Å². The highest BCUT2D eigenvalue weighted by Gasteiger charge is 2.22. The third kappa shape index (κ3) is 2.67. The zero-order valence-corrected chi connectivity index (χ0v) is 6.85. The summed E-state index contributed by atoms with van der Waals surface area (Å²) in [5.74, 6) is 0. The van der Waals surface area contributed by atoms with Crippen LogP contribution in [-0.2, 0) is 0 Å². The van der Waals surface area contributed by atoms with Crippen LogP contribution in [0.25, 0.3) is 0 Å². The molecule has 1 saturated heterocycles. The van der Waals surface area contributed by atoms with Crippen LogP contribution in [0, 0.1) is 0 Å². The second-order valence-corrected chi connectivity index (χ2v) is 3.81. The van der Waals surface area contributed by atoms with Crippen LogP contribution in [0.2, 0.25) is 0 Å². The predicted molar refractivity (Wildman–Crippen MR) is 41.9 cm³/mol. The molecule has 0 aliphatic carbocycles. The molecule has 0 spiro atoms. The lowest BCUT2D eigenvalue weighted by molar-refractivity contribution is 0.0614. The van der Waals surface area contributed by atoms with Crippen LogP contribution in [0.1, 0.15) is 33.1 Å². The highest BCUT2D eigenvalue weighted by atomic mass is 16.3. The molecule has 10 heavy (non-hydrogen) atoms. The Hall–Kier alpha value is -0.0800. The summed E-state index contributed by atoms with van der Waals surface area (Å²) in [6.45, 7) is 4.86. The Morgan fingerprint density at radius 1 is 1.60 bits per heavy atom. The molecule has 1 atom stereocenters. The maximum Gasteiger partial charge on any atom is 0.0606 e. The summed E-state index contributed by atoms with van der Waals surface area (Å²) in [7, 11) is 0. The molecule has 0 aromatic rings. The Balaban J connectivity index is 2.24. The molecule has 0 amide bonds. The number of hydrogen-bond donors (Lipinski definition) is 2. The molecule has 1 aliphatic heterocycles. The third-order valence-corrected chi connectivity index (χ3v) is 1.91. The van der Waals surface area contributed by atoms with E-state index in [2.05, 4.69) is 5.32 Å². The molecule has 1 heterocycles. The molecule has 0 bridgehead atoms. The van der Waals surface area contributed by atoms with Crippen LogP contribution >= 0.6 is 0 Å². The van der Waals surface area contributed by atoms with E-state index in [9.17, 15) is 5.11 Å². The van der Waals surface area contributed by atoms with Crippen molar-refractivity contribution in [3.8, 4) is 0 Å². The molecule has 1 rings (SSSR count). The summed E-state index contributed by atoms with van der Waals surface area (Å²) in [6, 6.07) is 0.556. The second kappa shape index (κ2) is 2.89. The predicted octanol–water partition coefficient (Wildman–Crippen LogP) is 0.899. The summed E-state index contributed by atoms with van der Waals surface area (Å²) < 4.78 is 0. The van der Waals surface area contributed by atoms with E-state index >= 15 is 0 Å². The van der Waals surface area contributed by atoms with E-state index in [-0.39, 0.29) is 0 Å². The molecule has 1 unspecified atom stereocenters. The fourth-order valence-corrected chi connectivity index (χ4v) is 1.53. The normalized spacial score (nSPS) is 27.3. The Morgan fingerprint density at radius 2 is 2.30 bits per heavy atom. The molecule has 0 saturated carbocycles. The van der Waals surface area contributed by atoms with E-state index in [1.165, 1.54) is 12.8 Å². The van der Waals surface area contributed by atoms with Crippen molar-refractivity contribution in [2.75, 3.05) is 6.54 Å². The van der Waals surface area contributed by atoms with Gasteiger partial charge >= 0.3 is 0 Å². The van der Waals surface area contributed by atoms with E-state index in [0.29, 0.717) is 6.04 Å². The number of aliphatic hydroxyl groups is 1. The summed E-state index contributed by atoms with van der Waals surface area (Å²) >= 11 is 0. The maximum atomic E-state index is 9.44. The topological polar surface area (TPSA) is 32.3 Å². The second-order valence-electron chi connectivity index (χ2n) is 3.81. The molecule has 0 aromatic carbocycles. The van der Waals surface area contributed by atoms with Crippen molar-refractivity contribution >= 4 is 0 Å². The average Bonchev–Trinajstić information content (AvgIpc) is 2.12.